The van der Waals surface area contributed by atoms with Gasteiger partial charge in [-0.1, -0.05) is 17.4 Å². The Bertz CT molecular complexity index is 554. The summed E-state index contributed by atoms with van der Waals surface area (Å²) in [7, 11) is 0. The molecule has 84 valence electrons. The molecule has 2 heterocycles. The molecule has 3 rings (SSSR count). The maximum absolute atomic E-state index is 11.1. The van der Waals surface area contributed by atoms with Crippen LogP contribution in [0, 0.1) is 0 Å². The number of benzene rings is 1. The van der Waals surface area contributed by atoms with Crippen LogP contribution in [0.4, 0.5) is 0 Å². The first-order valence-electron chi connectivity index (χ1n) is 5.19. The molecule has 0 radical (unpaired) electrons. The topological polar surface area (TPSA) is 51.5 Å². The monoisotopic (exact) mass is 237 g/mol. The van der Waals surface area contributed by atoms with Crippen molar-refractivity contribution in [3.05, 3.63) is 33.5 Å². The molecule has 1 aliphatic rings. The Balaban J connectivity index is 2.00. The van der Waals surface area contributed by atoms with Crippen LogP contribution >= 0.6 is 11.3 Å². The Labute approximate surface area is 95.8 Å². The minimum atomic E-state index is -0.255. The number of ether oxygens (including phenoxy) is 1. The number of morpholine rings is 1. The van der Waals surface area contributed by atoms with Crippen LogP contribution in [0.1, 0.15) is 11.7 Å². The molecule has 16 heavy (non-hydrogen) atoms. The molecule has 1 saturated heterocycles. The lowest BCUT2D eigenvalue weighted by atomic mass is 10.1. The van der Waals surface area contributed by atoms with Gasteiger partial charge >= 0.3 is 4.94 Å². The smallest absolute Gasteiger partial charge is 0.396 e. The van der Waals surface area contributed by atoms with Crippen molar-refractivity contribution in [3.63, 3.8) is 0 Å². The van der Waals surface area contributed by atoms with Crippen molar-refractivity contribution in [2.24, 2.45) is 0 Å². The average molecular weight is 237 g/mol. The third-order valence-corrected chi connectivity index (χ3v) is 3.44. The second-order valence-electron chi connectivity index (χ2n) is 3.72. The van der Waals surface area contributed by atoms with E-state index in [1.54, 1.807) is 0 Å². The Hall–Kier alpha value is -1.17. The Kier molecular flexibility index (Phi) is 2.51. The van der Waals surface area contributed by atoms with Gasteiger partial charge in [0, 0.05) is 13.1 Å². The molecule has 5 heteroatoms. The fourth-order valence-electron chi connectivity index (χ4n) is 1.87. The first kappa shape index (κ1) is 10.0. The zero-order chi connectivity index (χ0) is 11.0. The number of hydrogen-bond donors (Lipinski definition) is 1. The summed E-state index contributed by atoms with van der Waals surface area (Å²) in [6, 6.07) is 5.76. The maximum atomic E-state index is 11.1. The quantitative estimate of drug-likeness (QED) is 0.817. The molecule has 0 bridgehead atoms. The Morgan fingerprint density at radius 2 is 2.38 bits per heavy atom. The Morgan fingerprint density at radius 3 is 3.19 bits per heavy atom. The molecule has 1 N–H and O–H groups in total. The lowest BCUT2D eigenvalue weighted by Gasteiger charge is -2.23. The highest BCUT2D eigenvalue weighted by Gasteiger charge is 2.16. The van der Waals surface area contributed by atoms with Crippen molar-refractivity contribution in [2.75, 3.05) is 19.7 Å². The van der Waals surface area contributed by atoms with Crippen molar-refractivity contribution in [1.82, 2.24) is 5.32 Å². The summed E-state index contributed by atoms with van der Waals surface area (Å²) in [6.07, 6.45) is 0.0790. The summed E-state index contributed by atoms with van der Waals surface area (Å²) >= 11 is 1.13. The highest BCUT2D eigenvalue weighted by Crippen LogP contribution is 2.24. The summed E-state index contributed by atoms with van der Waals surface area (Å²) in [4.78, 5) is 10.8. The molecule has 1 aromatic carbocycles. The van der Waals surface area contributed by atoms with E-state index in [2.05, 4.69) is 5.32 Å². The van der Waals surface area contributed by atoms with Crippen LogP contribution in [-0.2, 0) is 4.74 Å². The summed E-state index contributed by atoms with van der Waals surface area (Å²) < 4.78 is 11.6. The van der Waals surface area contributed by atoms with E-state index in [9.17, 15) is 4.79 Å². The minimum absolute atomic E-state index is 0.0790. The van der Waals surface area contributed by atoms with Crippen LogP contribution in [0.5, 0.6) is 0 Å². The van der Waals surface area contributed by atoms with Gasteiger partial charge in [0.2, 0.25) is 0 Å². The standard InChI is InChI=1S/C11H11NO3S/c13-11-15-8-2-1-7(5-10(8)16-11)9-6-12-3-4-14-9/h1-2,5,9,12H,3-4,6H2. The highest BCUT2D eigenvalue weighted by atomic mass is 32.1. The van der Waals surface area contributed by atoms with Crippen LogP contribution in [0.25, 0.3) is 10.3 Å². The summed E-state index contributed by atoms with van der Waals surface area (Å²) in [5.74, 6) is 0. The van der Waals surface area contributed by atoms with Gasteiger partial charge in [-0.3, -0.25) is 0 Å². The summed E-state index contributed by atoms with van der Waals surface area (Å²) in [5, 5.41) is 3.28. The van der Waals surface area contributed by atoms with Crippen LogP contribution in [0.2, 0.25) is 0 Å². The second-order valence-corrected chi connectivity index (χ2v) is 4.70. The van der Waals surface area contributed by atoms with Crippen LogP contribution in [0.15, 0.2) is 27.4 Å². The molecule has 0 amide bonds. The molecule has 1 atom stereocenters. The van der Waals surface area contributed by atoms with E-state index in [1.807, 2.05) is 18.2 Å². The van der Waals surface area contributed by atoms with E-state index in [4.69, 9.17) is 9.15 Å². The van der Waals surface area contributed by atoms with Crippen molar-refractivity contribution >= 4 is 21.6 Å². The van der Waals surface area contributed by atoms with Gasteiger partial charge in [0.15, 0.2) is 0 Å². The third kappa shape index (κ3) is 1.77. The highest BCUT2D eigenvalue weighted by molar-refractivity contribution is 7.16. The summed E-state index contributed by atoms with van der Waals surface area (Å²) in [6.45, 7) is 2.44. The van der Waals surface area contributed by atoms with E-state index in [1.165, 1.54) is 0 Å². The maximum Gasteiger partial charge on any atom is 0.396 e. The zero-order valence-corrected chi connectivity index (χ0v) is 9.38. The van der Waals surface area contributed by atoms with Crippen molar-refractivity contribution < 1.29 is 9.15 Å². The second kappa shape index (κ2) is 4.01. The minimum Gasteiger partial charge on any atom is -0.414 e. The SMILES string of the molecule is O=c1oc2ccc(C3CNCCO3)cc2s1. The van der Waals surface area contributed by atoms with E-state index in [0.29, 0.717) is 5.58 Å². The van der Waals surface area contributed by atoms with Crippen molar-refractivity contribution in [1.29, 1.82) is 0 Å². The number of rotatable bonds is 1. The van der Waals surface area contributed by atoms with Crippen LogP contribution < -0.4 is 10.3 Å². The molecule has 0 saturated carbocycles. The first-order chi connectivity index (χ1) is 7.83. The predicted molar refractivity (Wildman–Crippen MR) is 61.9 cm³/mol. The molecule has 1 fully saturated rings. The molecule has 1 unspecified atom stereocenters. The van der Waals surface area contributed by atoms with Crippen LogP contribution in [-0.4, -0.2) is 19.7 Å². The molecule has 1 aromatic heterocycles. The van der Waals surface area contributed by atoms with Crippen molar-refractivity contribution in [2.45, 2.75) is 6.10 Å². The molecule has 0 spiro atoms. The van der Waals surface area contributed by atoms with E-state index < -0.39 is 0 Å². The van der Waals surface area contributed by atoms with Gasteiger partial charge < -0.3 is 14.5 Å². The van der Waals surface area contributed by atoms with Gasteiger partial charge in [-0.25, -0.2) is 4.79 Å². The fraction of sp³-hybridized carbons (Fsp3) is 0.364. The lowest BCUT2D eigenvalue weighted by molar-refractivity contribution is 0.0278. The predicted octanol–water partition coefficient (Wildman–Crippen LogP) is 1.52. The van der Waals surface area contributed by atoms with Crippen molar-refractivity contribution in [3.8, 4) is 0 Å². The van der Waals surface area contributed by atoms with Gasteiger partial charge in [0.1, 0.15) is 5.58 Å². The van der Waals surface area contributed by atoms with Gasteiger partial charge in [0.25, 0.3) is 0 Å². The number of hydrogen-bond acceptors (Lipinski definition) is 5. The van der Waals surface area contributed by atoms with E-state index in [-0.39, 0.29) is 11.0 Å². The molecule has 0 aliphatic carbocycles. The molecule has 2 aromatic rings. The summed E-state index contributed by atoms with van der Waals surface area (Å²) in [5.41, 5.74) is 1.75. The van der Waals surface area contributed by atoms with Gasteiger partial charge in [0.05, 0.1) is 17.4 Å². The van der Waals surface area contributed by atoms with E-state index >= 15 is 0 Å². The molecular formula is C11H11NO3S. The zero-order valence-electron chi connectivity index (χ0n) is 8.56. The number of fused-ring (bicyclic) bond motifs is 1. The normalized spacial score (nSPS) is 21.4. The Morgan fingerprint density at radius 1 is 1.44 bits per heavy atom. The molecule has 1 aliphatic heterocycles. The molecular weight excluding hydrogens is 226 g/mol. The lowest BCUT2D eigenvalue weighted by Crippen LogP contribution is -2.33. The largest absolute Gasteiger partial charge is 0.414 e. The van der Waals surface area contributed by atoms with Gasteiger partial charge in [-0.15, -0.1) is 0 Å². The third-order valence-electron chi connectivity index (χ3n) is 2.65. The van der Waals surface area contributed by atoms with Gasteiger partial charge in [-0.2, -0.15) is 0 Å². The fourth-order valence-corrected chi connectivity index (χ4v) is 2.59. The first-order valence-corrected chi connectivity index (χ1v) is 6.00. The average Bonchev–Trinajstić information content (AvgIpc) is 2.69. The number of nitrogens with one attached hydrogen (secondary N) is 1. The van der Waals surface area contributed by atoms with Crippen LogP contribution in [0.3, 0.4) is 0 Å². The molecule has 4 nitrogen and oxygen atoms in total. The van der Waals surface area contributed by atoms with E-state index in [0.717, 1.165) is 41.3 Å². The van der Waals surface area contributed by atoms with Gasteiger partial charge in [-0.05, 0) is 17.7 Å².